The summed E-state index contributed by atoms with van der Waals surface area (Å²) in [6, 6.07) is 18.4. The summed E-state index contributed by atoms with van der Waals surface area (Å²) in [7, 11) is 0. The third kappa shape index (κ3) is 3.12. The Morgan fingerprint density at radius 2 is 1.64 bits per heavy atom. The van der Waals surface area contributed by atoms with E-state index in [1.165, 1.54) is 0 Å². The Balaban J connectivity index is 1.73. The normalized spacial score (nSPS) is 10.2. The SMILES string of the molecule is Nc1ccc(C(=O)Nc2ccc(-c3cccnc3)cc2)cc1. The number of carbonyl (C=O) groups excluding carboxylic acids is 1. The van der Waals surface area contributed by atoms with Gasteiger partial charge in [0.05, 0.1) is 0 Å². The third-order valence-corrected chi connectivity index (χ3v) is 3.31. The van der Waals surface area contributed by atoms with Gasteiger partial charge >= 0.3 is 0 Å². The molecule has 3 rings (SSSR count). The van der Waals surface area contributed by atoms with Gasteiger partial charge < -0.3 is 11.1 Å². The van der Waals surface area contributed by atoms with Crippen LogP contribution < -0.4 is 11.1 Å². The van der Waals surface area contributed by atoms with Crippen molar-refractivity contribution in [2.45, 2.75) is 0 Å². The largest absolute Gasteiger partial charge is 0.399 e. The molecule has 0 aliphatic carbocycles. The van der Waals surface area contributed by atoms with Crippen molar-refractivity contribution in [3.63, 3.8) is 0 Å². The molecule has 0 fully saturated rings. The molecule has 4 heteroatoms. The lowest BCUT2D eigenvalue weighted by molar-refractivity contribution is 0.102. The standard InChI is InChI=1S/C18H15N3O/c19-16-7-3-14(4-8-16)18(22)21-17-9-5-13(6-10-17)15-2-1-11-20-12-15/h1-12H,19H2,(H,21,22). The third-order valence-electron chi connectivity index (χ3n) is 3.31. The molecule has 0 radical (unpaired) electrons. The van der Waals surface area contributed by atoms with Gasteiger partial charge in [0.25, 0.3) is 5.91 Å². The molecule has 22 heavy (non-hydrogen) atoms. The number of aromatic nitrogens is 1. The highest BCUT2D eigenvalue weighted by atomic mass is 16.1. The first-order valence-corrected chi connectivity index (χ1v) is 6.90. The number of nitrogen functional groups attached to an aromatic ring is 1. The lowest BCUT2D eigenvalue weighted by Crippen LogP contribution is -2.11. The van der Waals surface area contributed by atoms with Crippen molar-refractivity contribution in [1.29, 1.82) is 0 Å². The molecule has 4 nitrogen and oxygen atoms in total. The predicted octanol–water partition coefficient (Wildman–Crippen LogP) is 3.58. The van der Waals surface area contributed by atoms with Crippen LogP contribution in [0.1, 0.15) is 10.4 Å². The minimum Gasteiger partial charge on any atom is -0.399 e. The highest BCUT2D eigenvalue weighted by Gasteiger charge is 2.06. The predicted molar refractivity (Wildman–Crippen MR) is 88.5 cm³/mol. The van der Waals surface area contributed by atoms with E-state index in [1.807, 2.05) is 42.6 Å². The lowest BCUT2D eigenvalue weighted by atomic mass is 10.1. The smallest absolute Gasteiger partial charge is 0.255 e. The van der Waals surface area contributed by atoms with E-state index in [0.29, 0.717) is 11.3 Å². The van der Waals surface area contributed by atoms with Gasteiger partial charge in [-0.2, -0.15) is 0 Å². The Kier molecular flexibility index (Phi) is 3.83. The zero-order chi connectivity index (χ0) is 15.4. The van der Waals surface area contributed by atoms with E-state index >= 15 is 0 Å². The topological polar surface area (TPSA) is 68.0 Å². The van der Waals surface area contributed by atoms with E-state index in [2.05, 4.69) is 10.3 Å². The van der Waals surface area contributed by atoms with Gasteiger partial charge in [-0.1, -0.05) is 18.2 Å². The number of nitrogens with zero attached hydrogens (tertiary/aromatic N) is 1. The first-order chi connectivity index (χ1) is 10.7. The summed E-state index contributed by atoms with van der Waals surface area (Å²) in [5.74, 6) is -0.158. The number of hydrogen-bond acceptors (Lipinski definition) is 3. The first kappa shape index (κ1) is 13.8. The molecule has 0 saturated heterocycles. The van der Waals surface area contributed by atoms with Gasteiger partial charge in [0.1, 0.15) is 0 Å². The fourth-order valence-electron chi connectivity index (χ4n) is 2.12. The summed E-state index contributed by atoms with van der Waals surface area (Å²) in [6.45, 7) is 0. The zero-order valence-electron chi connectivity index (χ0n) is 11.9. The maximum Gasteiger partial charge on any atom is 0.255 e. The van der Waals surface area contributed by atoms with Gasteiger partial charge in [0.15, 0.2) is 0 Å². The van der Waals surface area contributed by atoms with Crippen molar-refractivity contribution in [1.82, 2.24) is 4.98 Å². The number of nitrogens with two attached hydrogens (primary N) is 1. The molecule has 1 aromatic heterocycles. The Bertz CT molecular complexity index is 766. The molecule has 0 bridgehead atoms. The molecule has 3 N–H and O–H groups in total. The minimum absolute atomic E-state index is 0.158. The molecule has 1 heterocycles. The number of rotatable bonds is 3. The van der Waals surface area contributed by atoms with Gasteiger partial charge in [-0.15, -0.1) is 0 Å². The van der Waals surface area contributed by atoms with E-state index in [9.17, 15) is 4.79 Å². The van der Waals surface area contributed by atoms with Gasteiger partial charge in [0, 0.05) is 29.3 Å². The van der Waals surface area contributed by atoms with Crippen LogP contribution in [0.25, 0.3) is 11.1 Å². The second-order valence-corrected chi connectivity index (χ2v) is 4.90. The number of hydrogen-bond donors (Lipinski definition) is 2. The van der Waals surface area contributed by atoms with Crippen molar-refractivity contribution in [2.24, 2.45) is 0 Å². The van der Waals surface area contributed by atoms with Gasteiger partial charge in [0.2, 0.25) is 0 Å². The summed E-state index contributed by atoms with van der Waals surface area (Å²) in [6.07, 6.45) is 3.55. The van der Waals surface area contributed by atoms with E-state index < -0.39 is 0 Å². The van der Waals surface area contributed by atoms with Crippen LogP contribution in [0, 0.1) is 0 Å². The molecule has 108 valence electrons. The van der Waals surface area contributed by atoms with Crippen LogP contribution in [0.4, 0.5) is 11.4 Å². The average Bonchev–Trinajstić information content (AvgIpc) is 2.57. The molecule has 0 unspecified atom stereocenters. The number of amides is 1. The van der Waals surface area contributed by atoms with Crippen LogP contribution in [0.3, 0.4) is 0 Å². The molecule has 2 aromatic carbocycles. The number of carbonyl (C=O) groups is 1. The highest BCUT2D eigenvalue weighted by Crippen LogP contribution is 2.20. The molecule has 0 saturated carbocycles. The summed E-state index contributed by atoms with van der Waals surface area (Å²) >= 11 is 0. The second kappa shape index (κ2) is 6.10. The van der Waals surface area contributed by atoms with Crippen LogP contribution >= 0.6 is 0 Å². The van der Waals surface area contributed by atoms with Gasteiger partial charge in [-0.3, -0.25) is 9.78 Å². The Hall–Kier alpha value is -3.14. The fraction of sp³-hybridized carbons (Fsp3) is 0. The number of pyridine rings is 1. The number of anilines is 2. The number of benzene rings is 2. The van der Waals surface area contributed by atoms with Crippen molar-refractivity contribution < 1.29 is 4.79 Å². The Morgan fingerprint density at radius 3 is 2.27 bits per heavy atom. The number of nitrogens with one attached hydrogen (secondary N) is 1. The maximum atomic E-state index is 12.1. The molecule has 1 amide bonds. The monoisotopic (exact) mass is 289 g/mol. The summed E-state index contributed by atoms with van der Waals surface area (Å²) in [5, 5.41) is 2.86. The molecule has 0 atom stereocenters. The zero-order valence-corrected chi connectivity index (χ0v) is 11.9. The molecule has 0 aliphatic heterocycles. The molecular weight excluding hydrogens is 274 g/mol. The van der Waals surface area contributed by atoms with Crippen LogP contribution in [0.5, 0.6) is 0 Å². The molecule has 0 spiro atoms. The maximum absolute atomic E-state index is 12.1. The van der Waals surface area contributed by atoms with Crippen molar-refractivity contribution in [3.8, 4) is 11.1 Å². The van der Waals surface area contributed by atoms with Crippen LogP contribution in [-0.2, 0) is 0 Å². The highest BCUT2D eigenvalue weighted by molar-refractivity contribution is 6.04. The lowest BCUT2D eigenvalue weighted by Gasteiger charge is -2.07. The minimum atomic E-state index is -0.158. The van der Waals surface area contributed by atoms with Crippen molar-refractivity contribution >= 4 is 17.3 Å². The summed E-state index contributed by atoms with van der Waals surface area (Å²) < 4.78 is 0. The Labute approximate surface area is 128 Å². The first-order valence-electron chi connectivity index (χ1n) is 6.90. The average molecular weight is 289 g/mol. The second-order valence-electron chi connectivity index (χ2n) is 4.90. The van der Waals surface area contributed by atoms with E-state index in [-0.39, 0.29) is 5.91 Å². The van der Waals surface area contributed by atoms with Crippen LogP contribution in [0.15, 0.2) is 73.1 Å². The van der Waals surface area contributed by atoms with E-state index in [1.54, 1.807) is 30.5 Å². The van der Waals surface area contributed by atoms with E-state index in [0.717, 1.165) is 16.8 Å². The van der Waals surface area contributed by atoms with Crippen LogP contribution in [-0.4, -0.2) is 10.9 Å². The Morgan fingerprint density at radius 1 is 0.909 bits per heavy atom. The fourth-order valence-corrected chi connectivity index (χ4v) is 2.12. The summed E-state index contributed by atoms with van der Waals surface area (Å²) in [4.78, 5) is 16.2. The van der Waals surface area contributed by atoms with Gasteiger partial charge in [-0.05, 0) is 53.6 Å². The molecular formula is C18H15N3O. The van der Waals surface area contributed by atoms with Gasteiger partial charge in [-0.25, -0.2) is 0 Å². The van der Waals surface area contributed by atoms with Crippen molar-refractivity contribution in [2.75, 3.05) is 11.1 Å². The molecule has 0 aliphatic rings. The van der Waals surface area contributed by atoms with Crippen LogP contribution in [0.2, 0.25) is 0 Å². The molecule has 3 aromatic rings. The van der Waals surface area contributed by atoms with E-state index in [4.69, 9.17) is 5.73 Å². The quantitative estimate of drug-likeness (QED) is 0.724. The summed E-state index contributed by atoms with van der Waals surface area (Å²) in [5.41, 5.74) is 9.67. The van der Waals surface area contributed by atoms with Crippen molar-refractivity contribution in [3.05, 3.63) is 78.6 Å².